The Morgan fingerprint density at radius 1 is 0.931 bits per heavy atom. The van der Waals surface area contributed by atoms with Crippen LogP contribution >= 0.6 is 0 Å². The molecule has 0 aliphatic heterocycles. The van der Waals surface area contributed by atoms with E-state index in [0.717, 1.165) is 24.8 Å². The second-order valence-electron chi connectivity index (χ2n) is 8.54. The lowest BCUT2D eigenvalue weighted by molar-refractivity contribution is -0.0310. The maximum atomic E-state index is 13.3. The van der Waals surface area contributed by atoms with Crippen molar-refractivity contribution in [3.63, 3.8) is 0 Å². The summed E-state index contributed by atoms with van der Waals surface area (Å²) >= 11 is 0. The number of unbranched alkanes of at least 4 members (excludes halogenated alkanes) is 1. The Bertz CT molecular complexity index is 734. The van der Waals surface area contributed by atoms with Crippen LogP contribution in [0.4, 0.5) is 4.79 Å². The molecular weight excluding hydrogens is 358 g/mol. The first-order chi connectivity index (χ1) is 13.8. The smallest absolute Gasteiger partial charge is 0.411 e. The zero-order valence-electron chi connectivity index (χ0n) is 18.9. The van der Waals surface area contributed by atoms with Crippen LogP contribution in [0, 0.1) is 0 Å². The van der Waals surface area contributed by atoms with E-state index in [4.69, 9.17) is 4.74 Å². The minimum absolute atomic E-state index is 0.0772. The van der Waals surface area contributed by atoms with E-state index in [2.05, 4.69) is 50.2 Å². The number of rotatable bonds is 9. The number of ether oxygens (including phenoxy) is 1. The first-order valence-electron chi connectivity index (χ1n) is 10.9. The number of amides is 1. The molecular formula is C26H37NO2. The molecule has 2 aromatic rings. The Kier molecular flexibility index (Phi) is 8.31. The molecule has 0 radical (unpaired) electrons. The minimum atomic E-state index is -0.753. The highest BCUT2D eigenvalue weighted by Gasteiger charge is 2.42. The average Bonchev–Trinajstić information content (AvgIpc) is 2.69. The van der Waals surface area contributed by atoms with Crippen LogP contribution in [-0.2, 0) is 10.3 Å². The zero-order valence-corrected chi connectivity index (χ0v) is 18.9. The van der Waals surface area contributed by atoms with Crippen molar-refractivity contribution in [1.82, 2.24) is 4.90 Å². The van der Waals surface area contributed by atoms with Gasteiger partial charge in [0.05, 0.1) is 0 Å². The second kappa shape index (κ2) is 10.5. The summed E-state index contributed by atoms with van der Waals surface area (Å²) in [6.45, 7) is 12.4. The van der Waals surface area contributed by atoms with Crippen LogP contribution in [0.2, 0.25) is 0 Å². The van der Waals surface area contributed by atoms with Gasteiger partial charge in [-0.1, -0.05) is 80.4 Å². The molecule has 2 rings (SSSR count). The molecule has 2 aromatic carbocycles. The fraction of sp³-hybridized carbons (Fsp3) is 0.500. The molecule has 0 bridgehead atoms. The van der Waals surface area contributed by atoms with Crippen molar-refractivity contribution in [2.45, 2.75) is 84.4 Å². The van der Waals surface area contributed by atoms with E-state index < -0.39 is 5.60 Å². The highest BCUT2D eigenvalue weighted by Crippen LogP contribution is 2.43. The van der Waals surface area contributed by atoms with E-state index in [9.17, 15) is 4.79 Å². The predicted octanol–water partition coefficient (Wildman–Crippen LogP) is 7.13. The second-order valence-corrected chi connectivity index (χ2v) is 8.54. The van der Waals surface area contributed by atoms with Gasteiger partial charge in [-0.2, -0.15) is 0 Å². The van der Waals surface area contributed by atoms with Gasteiger partial charge >= 0.3 is 6.09 Å². The van der Waals surface area contributed by atoms with E-state index in [1.165, 1.54) is 5.56 Å². The third kappa shape index (κ3) is 5.62. The number of carbonyl (C=O) groups is 1. The topological polar surface area (TPSA) is 29.5 Å². The fourth-order valence-corrected chi connectivity index (χ4v) is 4.21. The number of nitrogens with zero attached hydrogens (tertiary/aromatic N) is 1. The lowest BCUT2D eigenvalue weighted by atomic mass is 9.75. The van der Waals surface area contributed by atoms with E-state index in [1.807, 2.05) is 56.9 Å². The van der Waals surface area contributed by atoms with Crippen LogP contribution in [0.1, 0.15) is 77.8 Å². The standard InChI is InChI=1S/C26H37NO2/c1-7-8-19-24(22-15-11-9-12-16-22)26(6,23-17-13-10-14-18-23)29-25(28)27(20(2)3)21(4)5/h9-18,20-21,24H,7-8,19H2,1-6H3/t24-,26+/m0/s1. The molecule has 29 heavy (non-hydrogen) atoms. The van der Waals surface area contributed by atoms with E-state index in [0.29, 0.717) is 0 Å². The minimum Gasteiger partial charge on any atom is -0.438 e. The Morgan fingerprint density at radius 3 is 1.93 bits per heavy atom. The third-order valence-electron chi connectivity index (χ3n) is 5.68. The molecule has 3 heteroatoms. The Labute approximate surface area is 177 Å². The summed E-state index contributed by atoms with van der Waals surface area (Å²) in [5.74, 6) is 0.0798. The highest BCUT2D eigenvalue weighted by molar-refractivity contribution is 5.69. The lowest BCUT2D eigenvalue weighted by Gasteiger charge is -2.41. The SMILES string of the molecule is CCCC[C@@H](c1ccccc1)[C@](C)(OC(=O)N(C(C)C)C(C)C)c1ccccc1. The Balaban J connectivity index is 2.53. The van der Waals surface area contributed by atoms with Gasteiger partial charge in [0.15, 0.2) is 0 Å². The van der Waals surface area contributed by atoms with Crippen molar-refractivity contribution >= 4 is 6.09 Å². The van der Waals surface area contributed by atoms with Crippen LogP contribution in [0.25, 0.3) is 0 Å². The first-order valence-corrected chi connectivity index (χ1v) is 10.9. The first kappa shape index (κ1) is 23.0. The summed E-state index contributed by atoms with van der Waals surface area (Å²) in [5.41, 5.74) is 1.49. The molecule has 0 aliphatic carbocycles. The molecule has 0 spiro atoms. The summed E-state index contributed by atoms with van der Waals surface area (Å²) in [7, 11) is 0. The summed E-state index contributed by atoms with van der Waals surface area (Å²) in [6.07, 6.45) is 2.89. The fourth-order valence-electron chi connectivity index (χ4n) is 4.21. The maximum Gasteiger partial charge on any atom is 0.411 e. The van der Waals surface area contributed by atoms with Crippen molar-refractivity contribution in [1.29, 1.82) is 0 Å². The van der Waals surface area contributed by atoms with Crippen molar-refractivity contribution in [2.75, 3.05) is 0 Å². The van der Waals surface area contributed by atoms with Gasteiger partial charge in [-0.05, 0) is 52.2 Å². The van der Waals surface area contributed by atoms with Gasteiger partial charge < -0.3 is 9.64 Å². The summed E-state index contributed by atoms with van der Waals surface area (Å²) in [4.78, 5) is 15.2. The average molecular weight is 396 g/mol. The predicted molar refractivity (Wildman–Crippen MR) is 121 cm³/mol. The number of hydrogen-bond acceptors (Lipinski definition) is 2. The van der Waals surface area contributed by atoms with Crippen LogP contribution in [0.3, 0.4) is 0 Å². The summed E-state index contributed by atoms with van der Waals surface area (Å²) in [6, 6.07) is 20.8. The van der Waals surface area contributed by atoms with Gasteiger partial charge in [-0.15, -0.1) is 0 Å². The van der Waals surface area contributed by atoms with Crippen molar-refractivity contribution < 1.29 is 9.53 Å². The van der Waals surface area contributed by atoms with Gasteiger partial charge in [0.25, 0.3) is 0 Å². The molecule has 2 atom stereocenters. The van der Waals surface area contributed by atoms with Gasteiger partial charge in [-0.25, -0.2) is 4.79 Å². The van der Waals surface area contributed by atoms with E-state index >= 15 is 0 Å². The highest BCUT2D eigenvalue weighted by atomic mass is 16.6. The molecule has 1 amide bonds. The van der Waals surface area contributed by atoms with E-state index in [1.54, 1.807) is 0 Å². The zero-order chi connectivity index (χ0) is 21.4. The molecule has 0 fully saturated rings. The number of hydrogen-bond donors (Lipinski definition) is 0. The molecule has 0 saturated heterocycles. The summed E-state index contributed by atoms with van der Waals surface area (Å²) < 4.78 is 6.41. The van der Waals surface area contributed by atoms with Crippen LogP contribution < -0.4 is 0 Å². The number of carbonyl (C=O) groups excluding carboxylic acids is 1. The van der Waals surface area contributed by atoms with Crippen molar-refractivity contribution in [2.24, 2.45) is 0 Å². The summed E-state index contributed by atoms with van der Waals surface area (Å²) in [5, 5.41) is 0. The van der Waals surface area contributed by atoms with Crippen LogP contribution in [0.15, 0.2) is 60.7 Å². The molecule has 0 unspecified atom stereocenters. The Morgan fingerprint density at radius 2 is 1.45 bits per heavy atom. The molecule has 0 aliphatic rings. The normalized spacial score (nSPS) is 14.5. The molecule has 0 aromatic heterocycles. The van der Waals surface area contributed by atoms with Crippen molar-refractivity contribution in [3.8, 4) is 0 Å². The molecule has 3 nitrogen and oxygen atoms in total. The van der Waals surface area contributed by atoms with Gasteiger partial charge in [-0.3, -0.25) is 0 Å². The van der Waals surface area contributed by atoms with Crippen LogP contribution in [-0.4, -0.2) is 23.1 Å². The van der Waals surface area contributed by atoms with Gasteiger partial charge in [0.2, 0.25) is 0 Å². The van der Waals surface area contributed by atoms with Crippen LogP contribution in [0.5, 0.6) is 0 Å². The molecule has 0 saturated carbocycles. The lowest BCUT2D eigenvalue weighted by Crippen LogP contribution is -2.47. The van der Waals surface area contributed by atoms with Gasteiger partial charge in [0.1, 0.15) is 5.60 Å². The molecule has 0 N–H and O–H groups in total. The van der Waals surface area contributed by atoms with E-state index in [-0.39, 0.29) is 24.1 Å². The quantitative estimate of drug-likeness (QED) is 0.452. The monoisotopic (exact) mass is 395 g/mol. The van der Waals surface area contributed by atoms with Crippen molar-refractivity contribution in [3.05, 3.63) is 71.8 Å². The molecule has 0 heterocycles. The Hall–Kier alpha value is -2.29. The molecule has 158 valence electrons. The largest absolute Gasteiger partial charge is 0.438 e. The number of benzene rings is 2. The maximum absolute atomic E-state index is 13.3. The third-order valence-corrected chi connectivity index (χ3v) is 5.68. The van der Waals surface area contributed by atoms with Gasteiger partial charge in [0, 0.05) is 18.0 Å².